The maximum Gasteiger partial charge on any atom is 0.251 e. The van der Waals surface area contributed by atoms with Crippen LogP contribution in [-0.4, -0.2) is 42.2 Å². The van der Waals surface area contributed by atoms with Gasteiger partial charge in [0, 0.05) is 46.6 Å². The van der Waals surface area contributed by atoms with E-state index in [-0.39, 0.29) is 46.0 Å². The first-order valence-corrected chi connectivity index (χ1v) is 15.1. The van der Waals surface area contributed by atoms with Crippen molar-refractivity contribution in [2.24, 2.45) is 16.6 Å². The number of halogens is 3. The van der Waals surface area contributed by atoms with Crippen molar-refractivity contribution in [3.63, 3.8) is 0 Å². The van der Waals surface area contributed by atoms with Gasteiger partial charge in [-0.05, 0) is 84.8 Å². The largest absolute Gasteiger partial charge is 0.489 e. The number of rotatable bonds is 9. The second-order valence-electron chi connectivity index (χ2n) is 11.5. The molecular formula is C31H30BrClFN5O3. The average Bonchev–Trinajstić information content (AvgIpc) is 3.90. The number of hydrogen-bond acceptors (Lipinski definition) is 6. The number of nitrogen functional groups attached to an aromatic ring is 1. The number of nitrogens with two attached hydrogens (primary N) is 2. The Morgan fingerprint density at radius 3 is 2.74 bits per heavy atom. The quantitative estimate of drug-likeness (QED) is 0.206. The number of pyridine rings is 1. The number of primary amides is 1. The average molecular weight is 655 g/mol. The summed E-state index contributed by atoms with van der Waals surface area (Å²) in [7, 11) is 0. The molecule has 42 heavy (non-hydrogen) atoms. The van der Waals surface area contributed by atoms with Crippen molar-refractivity contribution < 1.29 is 18.7 Å². The lowest BCUT2D eigenvalue weighted by Gasteiger charge is -2.22. The second kappa shape index (κ2) is 11.0. The van der Waals surface area contributed by atoms with E-state index in [0.717, 1.165) is 25.7 Å². The van der Waals surface area contributed by atoms with Crippen molar-refractivity contribution in [3.8, 4) is 17.0 Å². The van der Waals surface area contributed by atoms with Crippen molar-refractivity contribution in [2.75, 3.05) is 18.9 Å². The number of carbonyl (C=O) groups is 2. The van der Waals surface area contributed by atoms with E-state index < -0.39 is 17.1 Å². The van der Waals surface area contributed by atoms with Crippen molar-refractivity contribution in [1.82, 2.24) is 10.3 Å². The zero-order chi connectivity index (χ0) is 29.8. The van der Waals surface area contributed by atoms with Gasteiger partial charge >= 0.3 is 0 Å². The Kier molecular flexibility index (Phi) is 7.47. The van der Waals surface area contributed by atoms with Crippen LogP contribution in [0.25, 0.3) is 11.3 Å². The Bertz CT molecular complexity index is 1640. The summed E-state index contributed by atoms with van der Waals surface area (Å²) in [6, 6.07) is 10.3. The molecule has 6 rings (SSSR count). The first-order valence-electron chi connectivity index (χ1n) is 13.9. The number of amides is 2. The highest BCUT2D eigenvalue weighted by molar-refractivity contribution is 9.10. The number of fused-ring (bicyclic) bond motifs is 1. The fourth-order valence-electron chi connectivity index (χ4n) is 5.27. The van der Waals surface area contributed by atoms with Crippen LogP contribution in [0.5, 0.6) is 5.75 Å². The van der Waals surface area contributed by atoms with Crippen LogP contribution in [0, 0.1) is 11.7 Å². The molecule has 2 aromatic carbocycles. The highest BCUT2D eigenvalue weighted by atomic mass is 79.9. The van der Waals surface area contributed by atoms with Crippen LogP contribution in [0.3, 0.4) is 0 Å². The van der Waals surface area contributed by atoms with Gasteiger partial charge in [0.2, 0.25) is 5.91 Å². The molecule has 2 amide bonds. The van der Waals surface area contributed by atoms with Crippen molar-refractivity contribution in [3.05, 3.63) is 74.1 Å². The molecule has 5 N–H and O–H groups in total. The highest BCUT2D eigenvalue weighted by Gasteiger charge is 2.45. The van der Waals surface area contributed by atoms with Gasteiger partial charge < -0.3 is 21.5 Å². The molecule has 8 nitrogen and oxygen atoms in total. The Balaban J connectivity index is 1.34. The minimum atomic E-state index is -1.11. The smallest absolute Gasteiger partial charge is 0.251 e. The molecule has 0 radical (unpaired) electrons. The van der Waals surface area contributed by atoms with Crippen LogP contribution in [0.15, 0.2) is 45.9 Å². The zero-order valence-electron chi connectivity index (χ0n) is 22.9. The fourth-order valence-corrected chi connectivity index (χ4v) is 5.86. The third-order valence-electron chi connectivity index (χ3n) is 8.29. The number of nitrogens with zero attached hydrogens (tertiary/aromatic N) is 2. The van der Waals surface area contributed by atoms with E-state index in [0.29, 0.717) is 45.6 Å². The number of nitrogens with one attached hydrogen (secondary N) is 1. The number of aliphatic imine (C=N–C) groups is 1. The summed E-state index contributed by atoms with van der Waals surface area (Å²) >= 11 is 9.62. The number of benzene rings is 2. The van der Waals surface area contributed by atoms with Crippen LogP contribution < -0.4 is 21.5 Å². The van der Waals surface area contributed by atoms with Gasteiger partial charge in [0.1, 0.15) is 29.3 Å². The van der Waals surface area contributed by atoms with Gasteiger partial charge in [-0.25, -0.2) is 9.37 Å². The van der Waals surface area contributed by atoms with Gasteiger partial charge in [-0.3, -0.25) is 14.6 Å². The molecule has 0 saturated heterocycles. The van der Waals surface area contributed by atoms with Gasteiger partial charge in [-0.2, -0.15) is 0 Å². The molecule has 2 heterocycles. The van der Waals surface area contributed by atoms with Crippen molar-refractivity contribution >= 4 is 51.2 Å². The number of hydrogen-bond donors (Lipinski definition) is 3. The lowest BCUT2D eigenvalue weighted by Crippen LogP contribution is -2.40. The monoisotopic (exact) mass is 653 g/mol. The fraction of sp³-hybridized carbons (Fsp3) is 0.355. The first-order chi connectivity index (χ1) is 20.1. The predicted molar refractivity (Wildman–Crippen MR) is 164 cm³/mol. The summed E-state index contributed by atoms with van der Waals surface area (Å²) < 4.78 is 21.6. The summed E-state index contributed by atoms with van der Waals surface area (Å²) in [6.07, 6.45) is 5.68. The third-order valence-corrected chi connectivity index (χ3v) is 9.22. The van der Waals surface area contributed by atoms with Gasteiger partial charge in [-0.1, -0.05) is 17.7 Å². The molecule has 2 fully saturated rings. The molecule has 11 heteroatoms. The van der Waals surface area contributed by atoms with Crippen molar-refractivity contribution in [2.45, 2.75) is 50.0 Å². The number of anilines is 1. The molecular weight excluding hydrogens is 625 g/mol. The van der Waals surface area contributed by atoms with Crippen molar-refractivity contribution in [1.29, 1.82) is 0 Å². The van der Waals surface area contributed by atoms with Crippen LogP contribution in [0.1, 0.15) is 65.7 Å². The summed E-state index contributed by atoms with van der Waals surface area (Å²) in [5.74, 6) is -0.934. The van der Waals surface area contributed by atoms with E-state index in [2.05, 4.69) is 26.2 Å². The summed E-state index contributed by atoms with van der Waals surface area (Å²) in [4.78, 5) is 35.3. The molecule has 3 aromatic rings. The number of carbonyl (C=O) groups excluding carboxylic acids is 2. The molecule has 1 aliphatic heterocycles. The summed E-state index contributed by atoms with van der Waals surface area (Å²) in [5.41, 5.74) is 13.9. The lowest BCUT2D eigenvalue weighted by atomic mass is 9.82. The van der Waals surface area contributed by atoms with Crippen LogP contribution >= 0.6 is 27.5 Å². The first kappa shape index (κ1) is 28.6. The molecule has 1 aromatic heterocycles. The minimum Gasteiger partial charge on any atom is -0.489 e. The molecule has 0 bridgehead atoms. The standard InChI is InChI=1S/C31H30BrClFN5O3/c1-31(30(36)41)14-42-28-21(31)11-24(39-27(28)19-3-2-4-22(32)25(19)34)20(15-5-6-15)13-38-29(40)16-9-17(12-37-18-7-8-18)26(35)23(33)10-16/h2-4,9-12,15,18,20H,5-8,13-14,35H2,1H3,(H2,36,41)(H,38,40)/t20-,31-/m0/s1. The molecule has 3 aliphatic rings. The van der Waals surface area contributed by atoms with E-state index in [1.54, 1.807) is 43.5 Å². The van der Waals surface area contributed by atoms with Crippen LogP contribution in [0.4, 0.5) is 10.1 Å². The Hall–Kier alpha value is -3.50. The van der Waals surface area contributed by atoms with Gasteiger partial charge in [-0.15, -0.1) is 0 Å². The lowest BCUT2D eigenvalue weighted by molar-refractivity contribution is -0.123. The number of aromatic nitrogens is 1. The maximum atomic E-state index is 15.3. The molecule has 2 saturated carbocycles. The topological polar surface area (TPSA) is 133 Å². The van der Waals surface area contributed by atoms with Gasteiger partial charge in [0.15, 0.2) is 0 Å². The van der Waals surface area contributed by atoms with Gasteiger partial charge in [0.05, 0.1) is 21.2 Å². The summed E-state index contributed by atoms with van der Waals surface area (Å²) in [5, 5.41) is 3.32. The van der Waals surface area contributed by atoms with Crippen LogP contribution in [-0.2, 0) is 10.2 Å². The Morgan fingerprint density at radius 2 is 2.05 bits per heavy atom. The maximum absolute atomic E-state index is 15.3. The third kappa shape index (κ3) is 5.38. The second-order valence-corrected chi connectivity index (χ2v) is 12.7. The zero-order valence-corrected chi connectivity index (χ0v) is 25.3. The van der Waals surface area contributed by atoms with Gasteiger partial charge in [0.25, 0.3) is 5.91 Å². The number of ether oxygens (including phenoxy) is 1. The molecule has 2 atom stereocenters. The van der Waals surface area contributed by atoms with E-state index >= 15 is 4.39 Å². The Morgan fingerprint density at radius 1 is 1.29 bits per heavy atom. The van der Waals surface area contributed by atoms with E-state index in [4.69, 9.17) is 32.8 Å². The SMILES string of the molecule is C[C@]1(C(N)=O)COc2c1cc([C@@H](CNC(=O)c1cc(Cl)c(N)c(C=NC3CC3)c1)C1CC1)nc2-c1cccc(Br)c1F. The molecule has 0 unspecified atom stereocenters. The molecule has 2 aliphatic carbocycles. The van der Waals surface area contributed by atoms with E-state index in [1.165, 1.54) is 0 Å². The predicted octanol–water partition coefficient (Wildman–Crippen LogP) is 5.53. The molecule has 218 valence electrons. The summed E-state index contributed by atoms with van der Waals surface area (Å²) in [6.45, 7) is 2.02. The van der Waals surface area contributed by atoms with Crippen LogP contribution in [0.2, 0.25) is 5.02 Å². The highest BCUT2D eigenvalue weighted by Crippen LogP contribution is 2.49. The normalized spacial score (nSPS) is 20.3. The minimum absolute atomic E-state index is 0.0283. The van der Waals surface area contributed by atoms with E-state index in [9.17, 15) is 9.59 Å². The van der Waals surface area contributed by atoms with E-state index in [1.807, 2.05) is 6.07 Å². The Labute approximate surface area is 256 Å². The molecule has 0 spiro atoms.